The van der Waals surface area contributed by atoms with Crippen molar-refractivity contribution in [1.29, 1.82) is 0 Å². The van der Waals surface area contributed by atoms with Gasteiger partial charge in [-0.15, -0.1) is 0 Å². The van der Waals surface area contributed by atoms with Gasteiger partial charge in [0.25, 0.3) is 0 Å². The lowest BCUT2D eigenvalue weighted by atomic mass is 10.3. The van der Waals surface area contributed by atoms with E-state index in [0.29, 0.717) is 18.0 Å². The minimum absolute atomic E-state index is 0.284. The van der Waals surface area contributed by atoms with E-state index in [1.165, 1.54) is 0 Å². The molecule has 5 nitrogen and oxygen atoms in total. The first-order chi connectivity index (χ1) is 10.2. The van der Waals surface area contributed by atoms with Crippen LogP contribution in [0.4, 0.5) is 0 Å². The molecule has 1 aromatic carbocycles. The predicted octanol–water partition coefficient (Wildman–Crippen LogP) is 1.07. The zero-order valence-electron chi connectivity index (χ0n) is 13.0. The minimum atomic E-state index is -0.488. The largest absolute Gasteiger partial charge is 0.493 e. The van der Waals surface area contributed by atoms with Gasteiger partial charge in [-0.1, -0.05) is 12.1 Å². The molecular formula is C16H26N2O3. The Morgan fingerprint density at radius 2 is 1.90 bits per heavy atom. The number of likely N-dealkylation sites (N-methyl/N-ethyl adjacent to an activating group) is 1. The third-order valence-electron chi connectivity index (χ3n) is 3.78. The maximum Gasteiger partial charge on any atom is 0.161 e. The van der Waals surface area contributed by atoms with Crippen LogP contribution in [0.5, 0.6) is 11.5 Å². The summed E-state index contributed by atoms with van der Waals surface area (Å²) in [7, 11) is 3.76. The van der Waals surface area contributed by atoms with Gasteiger partial charge in [-0.25, -0.2) is 0 Å². The van der Waals surface area contributed by atoms with Crippen molar-refractivity contribution < 1.29 is 14.6 Å². The molecule has 0 bridgehead atoms. The number of hydrogen-bond donors (Lipinski definition) is 1. The quantitative estimate of drug-likeness (QED) is 0.850. The van der Waals surface area contributed by atoms with Crippen molar-refractivity contribution >= 4 is 0 Å². The highest BCUT2D eigenvalue weighted by atomic mass is 16.5. The van der Waals surface area contributed by atoms with Gasteiger partial charge >= 0.3 is 0 Å². The van der Waals surface area contributed by atoms with Gasteiger partial charge in [0, 0.05) is 19.6 Å². The number of β-amino-alcohol motifs (C(OH)–C–C–N with tert-alkyl or cyclic N) is 1. The Morgan fingerprint density at radius 1 is 1.14 bits per heavy atom. The normalized spacial score (nSPS) is 19.0. The van der Waals surface area contributed by atoms with Crippen molar-refractivity contribution in [3.63, 3.8) is 0 Å². The fourth-order valence-corrected chi connectivity index (χ4v) is 2.56. The van der Waals surface area contributed by atoms with Gasteiger partial charge in [-0.2, -0.15) is 0 Å². The number of aliphatic hydroxyl groups is 1. The third-order valence-corrected chi connectivity index (χ3v) is 3.78. The maximum atomic E-state index is 10.2. The van der Waals surface area contributed by atoms with E-state index in [0.717, 1.165) is 32.6 Å². The average molecular weight is 294 g/mol. The summed E-state index contributed by atoms with van der Waals surface area (Å²) in [6.07, 6.45) is 0.662. The monoisotopic (exact) mass is 294 g/mol. The summed E-state index contributed by atoms with van der Waals surface area (Å²) in [4.78, 5) is 4.64. The van der Waals surface area contributed by atoms with E-state index in [-0.39, 0.29) is 6.61 Å². The van der Waals surface area contributed by atoms with Crippen molar-refractivity contribution in [1.82, 2.24) is 9.80 Å². The van der Waals surface area contributed by atoms with Crippen molar-refractivity contribution in [2.24, 2.45) is 0 Å². The van der Waals surface area contributed by atoms with Gasteiger partial charge in [0.15, 0.2) is 11.5 Å². The summed E-state index contributed by atoms with van der Waals surface area (Å²) in [6, 6.07) is 7.50. The SMILES string of the molecule is COc1ccccc1OCC(O)CN1CCCN(C)CC1. The lowest BCUT2D eigenvalue weighted by molar-refractivity contribution is 0.0686. The molecule has 0 spiro atoms. The lowest BCUT2D eigenvalue weighted by Crippen LogP contribution is -2.37. The molecule has 0 amide bonds. The molecule has 1 N–H and O–H groups in total. The molecule has 1 atom stereocenters. The summed E-state index contributed by atoms with van der Waals surface area (Å²) < 4.78 is 10.9. The number of methoxy groups -OCH3 is 1. The molecular weight excluding hydrogens is 268 g/mol. The number of nitrogens with zero attached hydrogens (tertiary/aromatic N) is 2. The Bertz CT molecular complexity index is 428. The smallest absolute Gasteiger partial charge is 0.161 e. The molecule has 1 unspecified atom stereocenters. The first-order valence-corrected chi connectivity index (χ1v) is 7.54. The van der Waals surface area contributed by atoms with E-state index in [4.69, 9.17) is 9.47 Å². The van der Waals surface area contributed by atoms with Crippen molar-refractivity contribution in [3.05, 3.63) is 24.3 Å². The lowest BCUT2D eigenvalue weighted by Gasteiger charge is -2.23. The molecule has 1 heterocycles. The van der Waals surface area contributed by atoms with Crippen LogP contribution in [0, 0.1) is 0 Å². The fraction of sp³-hybridized carbons (Fsp3) is 0.625. The van der Waals surface area contributed by atoms with Gasteiger partial charge in [0.1, 0.15) is 12.7 Å². The Labute approximate surface area is 127 Å². The maximum absolute atomic E-state index is 10.2. The Hall–Kier alpha value is -1.30. The number of rotatable bonds is 6. The molecule has 118 valence electrons. The summed E-state index contributed by atoms with van der Waals surface area (Å²) >= 11 is 0. The van der Waals surface area contributed by atoms with Crippen LogP contribution in [0.2, 0.25) is 0 Å². The highest BCUT2D eigenvalue weighted by Crippen LogP contribution is 2.25. The Balaban J connectivity index is 1.77. The Kier molecular flexibility index (Phi) is 6.29. The number of ether oxygens (including phenoxy) is 2. The van der Waals surface area contributed by atoms with E-state index in [9.17, 15) is 5.11 Å². The van der Waals surface area contributed by atoms with Crippen LogP contribution in [0.15, 0.2) is 24.3 Å². The van der Waals surface area contributed by atoms with Gasteiger partial charge in [-0.05, 0) is 38.7 Å². The number of para-hydroxylation sites is 2. The summed E-state index contributed by atoms with van der Waals surface area (Å²) in [5.74, 6) is 1.37. The Morgan fingerprint density at radius 3 is 2.67 bits per heavy atom. The topological polar surface area (TPSA) is 45.2 Å². The van der Waals surface area contributed by atoms with Crippen LogP contribution in [-0.4, -0.2) is 74.5 Å². The van der Waals surface area contributed by atoms with Gasteiger partial charge in [0.2, 0.25) is 0 Å². The average Bonchev–Trinajstić information content (AvgIpc) is 2.70. The standard InChI is InChI=1S/C16H26N2O3/c1-17-8-5-9-18(11-10-17)12-14(19)13-21-16-7-4-3-6-15(16)20-2/h3-4,6-7,14,19H,5,8-13H2,1-2H3. The zero-order chi connectivity index (χ0) is 15.1. The summed E-state index contributed by atoms with van der Waals surface area (Å²) in [6.45, 7) is 5.17. The molecule has 0 saturated carbocycles. The van der Waals surface area contributed by atoms with Crippen molar-refractivity contribution in [2.45, 2.75) is 12.5 Å². The second-order valence-corrected chi connectivity index (χ2v) is 5.57. The molecule has 1 aliphatic rings. The van der Waals surface area contributed by atoms with E-state index in [1.54, 1.807) is 7.11 Å². The molecule has 0 aliphatic carbocycles. The first-order valence-electron chi connectivity index (χ1n) is 7.54. The molecule has 5 heteroatoms. The van der Waals surface area contributed by atoms with Crippen LogP contribution in [0.1, 0.15) is 6.42 Å². The van der Waals surface area contributed by atoms with Gasteiger partial charge < -0.3 is 19.5 Å². The summed E-state index contributed by atoms with van der Waals surface area (Å²) in [5, 5.41) is 10.2. The fourth-order valence-electron chi connectivity index (χ4n) is 2.56. The second kappa shape index (κ2) is 8.22. The minimum Gasteiger partial charge on any atom is -0.493 e. The predicted molar refractivity (Wildman–Crippen MR) is 83.0 cm³/mol. The van der Waals surface area contributed by atoms with E-state index in [1.807, 2.05) is 24.3 Å². The van der Waals surface area contributed by atoms with Crippen LogP contribution in [0.3, 0.4) is 0 Å². The molecule has 1 saturated heterocycles. The van der Waals surface area contributed by atoms with E-state index >= 15 is 0 Å². The van der Waals surface area contributed by atoms with E-state index in [2.05, 4.69) is 16.8 Å². The van der Waals surface area contributed by atoms with Gasteiger partial charge in [-0.3, -0.25) is 4.90 Å². The van der Waals surface area contributed by atoms with Crippen molar-refractivity contribution in [3.8, 4) is 11.5 Å². The molecule has 0 radical (unpaired) electrons. The number of benzene rings is 1. The van der Waals surface area contributed by atoms with E-state index < -0.39 is 6.10 Å². The third kappa shape index (κ3) is 5.19. The second-order valence-electron chi connectivity index (χ2n) is 5.57. The molecule has 1 fully saturated rings. The van der Waals surface area contributed by atoms with Crippen LogP contribution in [0.25, 0.3) is 0 Å². The number of hydrogen-bond acceptors (Lipinski definition) is 5. The summed E-state index contributed by atoms with van der Waals surface area (Å²) in [5.41, 5.74) is 0. The molecule has 21 heavy (non-hydrogen) atoms. The van der Waals surface area contributed by atoms with Crippen LogP contribution in [-0.2, 0) is 0 Å². The molecule has 0 aromatic heterocycles. The zero-order valence-corrected chi connectivity index (χ0v) is 13.0. The highest BCUT2D eigenvalue weighted by Gasteiger charge is 2.16. The van der Waals surface area contributed by atoms with Gasteiger partial charge in [0.05, 0.1) is 7.11 Å². The molecule has 2 rings (SSSR count). The van der Waals surface area contributed by atoms with Crippen LogP contribution < -0.4 is 9.47 Å². The first kappa shape index (κ1) is 16.1. The number of aliphatic hydroxyl groups excluding tert-OH is 1. The van der Waals surface area contributed by atoms with Crippen molar-refractivity contribution in [2.75, 3.05) is 53.5 Å². The molecule has 1 aliphatic heterocycles. The molecule has 1 aromatic rings. The van der Waals surface area contributed by atoms with Crippen LogP contribution >= 0.6 is 0 Å². The highest BCUT2D eigenvalue weighted by molar-refractivity contribution is 5.39.